The minimum Gasteiger partial charge on any atom is -0.508 e. The largest absolute Gasteiger partial charge is 0.508 e. The molecule has 3 aromatic carbocycles. The van der Waals surface area contributed by atoms with E-state index >= 15 is 0 Å². The average molecular weight is 431 g/mol. The number of amides is 2. The first kappa shape index (κ1) is 22.1. The lowest BCUT2D eigenvalue weighted by molar-refractivity contribution is -0.118. The lowest BCUT2D eigenvalue weighted by atomic mass is 10.1. The summed E-state index contributed by atoms with van der Waals surface area (Å²) in [5, 5.41) is 23.9. The van der Waals surface area contributed by atoms with Crippen LogP contribution < -0.4 is 15.4 Å². The number of hydrogen-bond acceptors (Lipinski definition) is 5. The van der Waals surface area contributed by atoms with Gasteiger partial charge in [0.2, 0.25) is 0 Å². The Labute approximate surface area is 183 Å². The molecule has 0 radical (unpaired) electrons. The molecule has 0 bridgehead atoms. The zero-order chi connectivity index (χ0) is 22.9. The third kappa shape index (κ3) is 6.18. The summed E-state index contributed by atoms with van der Waals surface area (Å²) in [4.78, 5) is 24.6. The number of anilines is 2. The van der Waals surface area contributed by atoms with Crippen molar-refractivity contribution < 1.29 is 23.8 Å². The zero-order valence-corrected chi connectivity index (χ0v) is 16.7. The summed E-state index contributed by atoms with van der Waals surface area (Å²) in [5.74, 6) is -1.16. The highest BCUT2D eigenvalue weighted by Crippen LogP contribution is 2.22. The van der Waals surface area contributed by atoms with Crippen LogP contribution in [-0.4, -0.2) is 23.5 Å². The summed E-state index contributed by atoms with van der Waals surface area (Å²) in [7, 11) is 0. The molecule has 0 saturated heterocycles. The summed E-state index contributed by atoms with van der Waals surface area (Å²) < 4.78 is 18.5. The van der Waals surface area contributed by atoms with Gasteiger partial charge >= 0.3 is 0 Å². The molecule has 0 aliphatic carbocycles. The molecule has 0 aliphatic heterocycles. The topological polar surface area (TPSA) is 111 Å². The molecule has 0 unspecified atom stereocenters. The predicted octanol–water partition coefficient (Wildman–Crippen LogP) is 4.09. The second kappa shape index (κ2) is 10.4. The molecular weight excluding hydrogens is 413 g/mol. The molecule has 3 aromatic rings. The Kier molecular flexibility index (Phi) is 7.17. The number of ether oxygens (including phenoxy) is 1. The number of rotatable bonds is 7. The van der Waals surface area contributed by atoms with Gasteiger partial charge in [-0.3, -0.25) is 9.59 Å². The second-order valence-electron chi connectivity index (χ2n) is 6.55. The number of phenols is 1. The van der Waals surface area contributed by atoms with E-state index in [1.165, 1.54) is 54.6 Å². The Morgan fingerprint density at radius 1 is 0.969 bits per heavy atom. The maximum absolute atomic E-state index is 13.0. The van der Waals surface area contributed by atoms with Crippen molar-refractivity contribution in [1.29, 1.82) is 5.26 Å². The molecule has 0 aromatic heterocycles. The molecule has 3 rings (SSSR count). The second-order valence-corrected chi connectivity index (χ2v) is 6.55. The zero-order valence-electron chi connectivity index (χ0n) is 16.7. The van der Waals surface area contributed by atoms with Gasteiger partial charge in [0, 0.05) is 16.9 Å². The highest BCUT2D eigenvalue weighted by Gasteiger charge is 2.12. The number of nitrogens with zero attached hydrogens (tertiary/aromatic N) is 1. The molecule has 7 nitrogen and oxygen atoms in total. The van der Waals surface area contributed by atoms with Gasteiger partial charge in [-0.2, -0.15) is 5.26 Å². The number of carbonyl (C=O) groups is 2. The van der Waals surface area contributed by atoms with Crippen LogP contribution in [0.2, 0.25) is 0 Å². The number of nitrogens with one attached hydrogen (secondary N) is 2. The van der Waals surface area contributed by atoms with Crippen molar-refractivity contribution in [2.24, 2.45) is 0 Å². The normalized spacial score (nSPS) is 10.7. The van der Waals surface area contributed by atoms with E-state index in [0.717, 1.165) is 0 Å². The van der Waals surface area contributed by atoms with Crippen LogP contribution in [0.1, 0.15) is 5.56 Å². The van der Waals surface area contributed by atoms with Crippen molar-refractivity contribution in [3.8, 4) is 17.6 Å². The van der Waals surface area contributed by atoms with E-state index < -0.39 is 17.6 Å². The average Bonchev–Trinajstić information content (AvgIpc) is 2.79. The van der Waals surface area contributed by atoms with Gasteiger partial charge in [0.15, 0.2) is 6.61 Å². The monoisotopic (exact) mass is 431 g/mol. The van der Waals surface area contributed by atoms with E-state index in [2.05, 4.69) is 10.6 Å². The quantitative estimate of drug-likeness (QED) is 0.296. The van der Waals surface area contributed by atoms with Crippen LogP contribution in [0.4, 0.5) is 15.8 Å². The molecule has 0 spiro atoms. The van der Waals surface area contributed by atoms with Crippen molar-refractivity contribution in [2.45, 2.75) is 0 Å². The van der Waals surface area contributed by atoms with E-state index in [9.17, 15) is 24.3 Å². The van der Waals surface area contributed by atoms with Gasteiger partial charge in [-0.25, -0.2) is 4.39 Å². The van der Waals surface area contributed by atoms with Crippen LogP contribution in [0.5, 0.6) is 11.5 Å². The first-order chi connectivity index (χ1) is 15.4. The van der Waals surface area contributed by atoms with Crippen molar-refractivity contribution in [1.82, 2.24) is 0 Å². The molecule has 32 heavy (non-hydrogen) atoms. The fraction of sp³-hybridized carbons (Fsp3) is 0.0417. The number of carbonyl (C=O) groups excluding carboxylic acids is 2. The molecule has 3 N–H and O–H groups in total. The van der Waals surface area contributed by atoms with Gasteiger partial charge in [0.05, 0.1) is 0 Å². The minimum absolute atomic E-state index is 0.0496. The number of benzene rings is 3. The third-order valence-corrected chi connectivity index (χ3v) is 4.20. The standard InChI is InChI=1S/C24H18FN3O4/c25-18-5-7-19(8-6-18)27-23(30)15-32-22-4-2-1-3-16(22)13-17(14-26)24(31)28-20-9-11-21(29)12-10-20/h1-13,29H,15H2,(H,27,30)(H,28,31)/b17-13+. The molecular formula is C24H18FN3O4. The van der Waals surface area contributed by atoms with Crippen LogP contribution in [0.3, 0.4) is 0 Å². The minimum atomic E-state index is -0.637. The predicted molar refractivity (Wildman–Crippen MR) is 117 cm³/mol. The van der Waals surface area contributed by atoms with E-state index in [1.807, 2.05) is 6.07 Å². The molecule has 0 atom stereocenters. The van der Waals surface area contributed by atoms with E-state index in [4.69, 9.17) is 4.74 Å². The SMILES string of the molecule is N#C/C(=C\c1ccccc1OCC(=O)Nc1ccc(F)cc1)C(=O)Nc1ccc(O)cc1. The van der Waals surface area contributed by atoms with Gasteiger partial charge in [0.25, 0.3) is 11.8 Å². The van der Waals surface area contributed by atoms with E-state index in [1.54, 1.807) is 24.3 Å². The van der Waals surface area contributed by atoms with E-state index in [0.29, 0.717) is 22.7 Å². The summed E-state index contributed by atoms with van der Waals surface area (Å²) in [5.41, 5.74) is 1.09. The summed E-state index contributed by atoms with van der Waals surface area (Å²) in [6.45, 7) is -0.330. The Morgan fingerprint density at radius 3 is 2.28 bits per heavy atom. The number of aromatic hydroxyl groups is 1. The van der Waals surface area contributed by atoms with Crippen molar-refractivity contribution in [2.75, 3.05) is 17.2 Å². The van der Waals surface area contributed by atoms with Gasteiger partial charge in [-0.15, -0.1) is 0 Å². The van der Waals surface area contributed by atoms with Crippen molar-refractivity contribution in [3.63, 3.8) is 0 Å². The van der Waals surface area contributed by atoms with Crippen LogP contribution in [0, 0.1) is 17.1 Å². The maximum Gasteiger partial charge on any atom is 0.266 e. The molecule has 0 heterocycles. The Morgan fingerprint density at radius 2 is 1.59 bits per heavy atom. The Hall–Kier alpha value is -4.64. The number of nitriles is 1. The molecule has 8 heteroatoms. The highest BCUT2D eigenvalue weighted by molar-refractivity contribution is 6.09. The number of para-hydroxylation sites is 1. The van der Waals surface area contributed by atoms with Gasteiger partial charge in [-0.1, -0.05) is 18.2 Å². The summed E-state index contributed by atoms with van der Waals surface area (Å²) in [6, 6.07) is 19.6. The van der Waals surface area contributed by atoms with Crippen molar-refractivity contribution >= 4 is 29.3 Å². The smallest absolute Gasteiger partial charge is 0.266 e. The molecule has 0 fully saturated rings. The Bertz CT molecular complexity index is 1180. The summed E-state index contributed by atoms with van der Waals surface area (Å²) >= 11 is 0. The van der Waals surface area contributed by atoms with Crippen LogP contribution in [0.15, 0.2) is 78.4 Å². The van der Waals surface area contributed by atoms with E-state index in [-0.39, 0.29) is 17.9 Å². The van der Waals surface area contributed by atoms with Crippen LogP contribution in [-0.2, 0) is 9.59 Å². The van der Waals surface area contributed by atoms with Gasteiger partial charge < -0.3 is 20.5 Å². The highest BCUT2D eigenvalue weighted by atomic mass is 19.1. The van der Waals surface area contributed by atoms with Gasteiger partial charge in [0.1, 0.15) is 29.0 Å². The fourth-order valence-electron chi connectivity index (χ4n) is 2.65. The lowest BCUT2D eigenvalue weighted by Crippen LogP contribution is -2.20. The molecule has 0 saturated carbocycles. The molecule has 160 valence electrons. The molecule has 2 amide bonds. The number of halogens is 1. The van der Waals surface area contributed by atoms with Gasteiger partial charge in [-0.05, 0) is 60.7 Å². The number of hydrogen-bond donors (Lipinski definition) is 3. The molecule has 0 aliphatic rings. The number of phenolic OH excluding ortho intramolecular Hbond substituents is 1. The lowest BCUT2D eigenvalue weighted by Gasteiger charge is -2.10. The maximum atomic E-state index is 13.0. The third-order valence-electron chi connectivity index (χ3n) is 4.20. The summed E-state index contributed by atoms with van der Waals surface area (Å²) in [6.07, 6.45) is 1.35. The Balaban J connectivity index is 1.68. The van der Waals surface area contributed by atoms with Crippen LogP contribution in [0.25, 0.3) is 6.08 Å². The van der Waals surface area contributed by atoms with Crippen molar-refractivity contribution in [3.05, 3.63) is 89.8 Å². The first-order valence-corrected chi connectivity index (χ1v) is 9.44. The first-order valence-electron chi connectivity index (χ1n) is 9.44. The van der Waals surface area contributed by atoms with Crippen LogP contribution >= 0.6 is 0 Å². The fourth-order valence-corrected chi connectivity index (χ4v) is 2.65.